The van der Waals surface area contributed by atoms with Crippen LogP contribution in [0.2, 0.25) is 0 Å². The molecule has 1 heterocycles. The van der Waals surface area contributed by atoms with Gasteiger partial charge in [0.1, 0.15) is 0 Å². The fraction of sp³-hybridized carbons (Fsp3) is 0.400. The van der Waals surface area contributed by atoms with Gasteiger partial charge < -0.3 is 15.6 Å². The fourth-order valence-electron chi connectivity index (χ4n) is 1.70. The molecule has 1 aliphatic rings. The molecule has 3 nitrogen and oxygen atoms in total. The smallest absolute Gasteiger partial charge is 0.200 e. The number of benzene rings is 1. The quantitative estimate of drug-likeness (QED) is 0.731. The van der Waals surface area contributed by atoms with Crippen molar-refractivity contribution in [3.8, 4) is 5.75 Å². The third kappa shape index (κ3) is 1.48. The van der Waals surface area contributed by atoms with E-state index in [4.69, 9.17) is 15.6 Å². The first kappa shape index (κ1) is 10.3. The maximum atomic E-state index is 13.3. The van der Waals surface area contributed by atoms with Crippen molar-refractivity contribution in [2.45, 2.75) is 12.0 Å². The van der Waals surface area contributed by atoms with Crippen LogP contribution < -0.4 is 10.5 Å². The van der Waals surface area contributed by atoms with E-state index in [1.807, 2.05) is 0 Å². The maximum absolute atomic E-state index is 13.3. The van der Waals surface area contributed by atoms with Gasteiger partial charge in [0.25, 0.3) is 0 Å². The molecule has 0 spiro atoms. The lowest BCUT2D eigenvalue weighted by molar-refractivity contribution is 0.134. The zero-order chi connectivity index (χ0) is 11.1. The monoisotopic (exact) mass is 215 g/mol. The van der Waals surface area contributed by atoms with Crippen molar-refractivity contribution in [2.24, 2.45) is 5.73 Å². The molecule has 1 aromatic rings. The van der Waals surface area contributed by atoms with Gasteiger partial charge >= 0.3 is 0 Å². The average molecular weight is 215 g/mol. The molecule has 0 unspecified atom stereocenters. The molecule has 1 aromatic carbocycles. The predicted octanol–water partition coefficient (Wildman–Crippen LogP) is 0.894. The van der Waals surface area contributed by atoms with E-state index in [0.29, 0.717) is 12.0 Å². The van der Waals surface area contributed by atoms with Gasteiger partial charge in [0, 0.05) is 12.0 Å². The van der Waals surface area contributed by atoms with Gasteiger partial charge in [-0.2, -0.15) is 4.39 Å². The number of aliphatic hydroxyl groups is 1. The van der Waals surface area contributed by atoms with Crippen molar-refractivity contribution in [1.82, 2.24) is 0 Å². The Morgan fingerprint density at radius 3 is 2.87 bits per heavy atom. The Morgan fingerprint density at radius 1 is 1.47 bits per heavy atom. The SMILES string of the molecule is N[C@]1(CO)CCOc2c1ccc(F)c2F. The molecule has 0 aromatic heterocycles. The van der Waals surface area contributed by atoms with Crippen LogP contribution in [0.4, 0.5) is 8.78 Å². The van der Waals surface area contributed by atoms with Crippen molar-refractivity contribution in [1.29, 1.82) is 0 Å². The van der Waals surface area contributed by atoms with Crippen LogP contribution in [0.15, 0.2) is 12.1 Å². The molecule has 1 atom stereocenters. The number of hydrogen-bond donors (Lipinski definition) is 2. The molecule has 0 saturated heterocycles. The second-order valence-corrected chi connectivity index (χ2v) is 3.65. The molecule has 3 N–H and O–H groups in total. The summed E-state index contributed by atoms with van der Waals surface area (Å²) in [6.07, 6.45) is 0.377. The van der Waals surface area contributed by atoms with Gasteiger partial charge in [0.05, 0.1) is 18.8 Å². The van der Waals surface area contributed by atoms with Gasteiger partial charge in [0.2, 0.25) is 5.82 Å². The van der Waals surface area contributed by atoms with E-state index in [2.05, 4.69) is 0 Å². The van der Waals surface area contributed by atoms with Crippen LogP contribution in [0.25, 0.3) is 0 Å². The maximum Gasteiger partial charge on any atom is 0.200 e. The van der Waals surface area contributed by atoms with Crippen molar-refractivity contribution in [3.63, 3.8) is 0 Å². The van der Waals surface area contributed by atoms with E-state index in [-0.39, 0.29) is 19.0 Å². The van der Waals surface area contributed by atoms with Crippen molar-refractivity contribution < 1.29 is 18.6 Å². The van der Waals surface area contributed by atoms with E-state index in [0.717, 1.165) is 6.07 Å². The molecular formula is C10H11F2NO2. The lowest BCUT2D eigenvalue weighted by Crippen LogP contribution is -2.45. The first-order valence-electron chi connectivity index (χ1n) is 4.59. The number of rotatable bonds is 1. The largest absolute Gasteiger partial charge is 0.490 e. The zero-order valence-corrected chi connectivity index (χ0v) is 7.96. The van der Waals surface area contributed by atoms with E-state index >= 15 is 0 Å². The van der Waals surface area contributed by atoms with Gasteiger partial charge in [0.15, 0.2) is 11.6 Å². The van der Waals surface area contributed by atoms with Gasteiger partial charge in [-0.3, -0.25) is 0 Å². The highest BCUT2D eigenvalue weighted by Crippen LogP contribution is 2.37. The summed E-state index contributed by atoms with van der Waals surface area (Å²) in [5, 5.41) is 9.16. The number of aliphatic hydroxyl groups excluding tert-OH is 1. The molecule has 0 radical (unpaired) electrons. The van der Waals surface area contributed by atoms with Gasteiger partial charge in [-0.15, -0.1) is 0 Å². The molecule has 0 amide bonds. The molecule has 0 fully saturated rings. The Balaban J connectivity index is 2.59. The van der Waals surface area contributed by atoms with Crippen LogP contribution in [-0.4, -0.2) is 18.3 Å². The Hall–Kier alpha value is -1.20. The van der Waals surface area contributed by atoms with Crippen LogP contribution in [0, 0.1) is 11.6 Å². The van der Waals surface area contributed by atoms with E-state index in [1.54, 1.807) is 0 Å². The zero-order valence-electron chi connectivity index (χ0n) is 7.96. The minimum absolute atomic E-state index is 0.171. The summed E-state index contributed by atoms with van der Waals surface area (Å²) in [7, 11) is 0. The van der Waals surface area contributed by atoms with E-state index < -0.39 is 17.2 Å². The number of ether oxygens (including phenoxy) is 1. The summed E-state index contributed by atoms with van der Waals surface area (Å²) in [6, 6.07) is 2.34. The van der Waals surface area contributed by atoms with E-state index in [9.17, 15) is 8.78 Å². The van der Waals surface area contributed by atoms with Crippen LogP contribution in [0.1, 0.15) is 12.0 Å². The van der Waals surface area contributed by atoms with Crippen LogP contribution in [-0.2, 0) is 5.54 Å². The second kappa shape index (κ2) is 3.43. The highest BCUT2D eigenvalue weighted by Gasteiger charge is 2.35. The van der Waals surface area contributed by atoms with Crippen molar-refractivity contribution in [3.05, 3.63) is 29.3 Å². The van der Waals surface area contributed by atoms with Crippen LogP contribution >= 0.6 is 0 Å². The molecular weight excluding hydrogens is 204 g/mol. The number of hydrogen-bond acceptors (Lipinski definition) is 3. The fourth-order valence-corrected chi connectivity index (χ4v) is 1.70. The lowest BCUT2D eigenvalue weighted by Gasteiger charge is -2.33. The van der Waals surface area contributed by atoms with Crippen molar-refractivity contribution >= 4 is 0 Å². The first-order chi connectivity index (χ1) is 7.08. The Kier molecular flexibility index (Phi) is 2.36. The summed E-state index contributed by atoms with van der Waals surface area (Å²) in [5.41, 5.74) is 5.15. The molecule has 0 bridgehead atoms. The Bertz CT molecular complexity index is 397. The lowest BCUT2D eigenvalue weighted by atomic mass is 9.86. The molecule has 82 valence electrons. The summed E-state index contributed by atoms with van der Waals surface area (Å²) in [6.45, 7) is -0.154. The van der Waals surface area contributed by atoms with Gasteiger partial charge in [-0.25, -0.2) is 4.39 Å². The Labute approximate surface area is 85.5 Å². The molecule has 0 saturated carbocycles. The summed E-state index contributed by atoms with van der Waals surface area (Å²) < 4.78 is 31.3. The highest BCUT2D eigenvalue weighted by atomic mass is 19.2. The third-order valence-corrected chi connectivity index (χ3v) is 2.66. The van der Waals surface area contributed by atoms with E-state index in [1.165, 1.54) is 6.07 Å². The van der Waals surface area contributed by atoms with Crippen LogP contribution in [0.5, 0.6) is 5.75 Å². The van der Waals surface area contributed by atoms with Gasteiger partial charge in [-0.05, 0) is 6.07 Å². The number of fused-ring (bicyclic) bond motifs is 1. The Morgan fingerprint density at radius 2 is 2.20 bits per heavy atom. The summed E-state index contributed by atoms with van der Waals surface area (Å²) in [5.74, 6) is -2.20. The van der Waals surface area contributed by atoms with Gasteiger partial charge in [-0.1, -0.05) is 6.07 Å². The topological polar surface area (TPSA) is 55.5 Å². The molecule has 15 heavy (non-hydrogen) atoms. The third-order valence-electron chi connectivity index (χ3n) is 2.66. The highest BCUT2D eigenvalue weighted by molar-refractivity contribution is 5.42. The summed E-state index contributed by atoms with van der Waals surface area (Å²) >= 11 is 0. The number of nitrogens with two attached hydrogens (primary N) is 1. The molecule has 5 heteroatoms. The predicted molar refractivity (Wildman–Crippen MR) is 49.4 cm³/mol. The first-order valence-corrected chi connectivity index (χ1v) is 4.59. The molecule has 0 aliphatic carbocycles. The summed E-state index contributed by atoms with van der Waals surface area (Å²) in [4.78, 5) is 0. The van der Waals surface area contributed by atoms with Crippen LogP contribution in [0.3, 0.4) is 0 Å². The molecule has 1 aliphatic heterocycles. The second-order valence-electron chi connectivity index (χ2n) is 3.65. The standard InChI is InChI=1S/C10H11F2NO2/c11-7-2-1-6-9(8(7)12)15-4-3-10(6,13)5-14/h1-2,14H,3-5,13H2/t10-/m0/s1. The average Bonchev–Trinajstić information content (AvgIpc) is 2.24. The minimum atomic E-state index is -1.05. The normalized spacial score (nSPS) is 24.5. The molecule has 2 rings (SSSR count). The minimum Gasteiger partial charge on any atom is -0.490 e. The van der Waals surface area contributed by atoms with Crippen molar-refractivity contribution in [2.75, 3.05) is 13.2 Å². The number of halogens is 2.